The number of aromatic nitrogens is 1. The lowest BCUT2D eigenvalue weighted by atomic mass is 10.1. The second-order valence-corrected chi connectivity index (χ2v) is 5.19. The standard InChI is InChI=1S/C15H15BrN2O/c1-11-5-7-12(8-6-11)9-10-15(19)18-14-4-2-3-13(16)17-14/h2-8H,9-10H2,1H3,(H,17,18,19). The highest BCUT2D eigenvalue weighted by atomic mass is 79.9. The maximum absolute atomic E-state index is 11.8. The molecule has 0 fully saturated rings. The molecular formula is C15H15BrN2O. The molecule has 98 valence electrons. The molecule has 0 unspecified atom stereocenters. The van der Waals surface area contributed by atoms with E-state index in [-0.39, 0.29) is 5.91 Å². The maximum Gasteiger partial charge on any atom is 0.225 e. The van der Waals surface area contributed by atoms with Crippen molar-refractivity contribution in [2.45, 2.75) is 19.8 Å². The highest BCUT2D eigenvalue weighted by Crippen LogP contribution is 2.11. The van der Waals surface area contributed by atoms with Crippen molar-refractivity contribution in [3.05, 3.63) is 58.2 Å². The molecule has 1 amide bonds. The Kier molecular flexibility index (Phi) is 4.68. The molecule has 3 nitrogen and oxygen atoms in total. The maximum atomic E-state index is 11.8. The quantitative estimate of drug-likeness (QED) is 0.873. The van der Waals surface area contributed by atoms with Crippen LogP contribution in [-0.2, 0) is 11.2 Å². The molecule has 0 aliphatic heterocycles. The average Bonchev–Trinajstić information content (AvgIpc) is 2.38. The number of pyridine rings is 1. The monoisotopic (exact) mass is 318 g/mol. The van der Waals surface area contributed by atoms with Gasteiger partial charge in [-0.1, -0.05) is 35.9 Å². The molecule has 19 heavy (non-hydrogen) atoms. The molecule has 1 heterocycles. The van der Waals surface area contributed by atoms with Gasteiger partial charge in [0.2, 0.25) is 5.91 Å². The Bertz CT molecular complexity index is 567. The Balaban J connectivity index is 1.86. The largest absolute Gasteiger partial charge is 0.311 e. The second-order valence-electron chi connectivity index (χ2n) is 4.38. The smallest absolute Gasteiger partial charge is 0.225 e. The zero-order valence-corrected chi connectivity index (χ0v) is 12.3. The van der Waals surface area contributed by atoms with E-state index in [9.17, 15) is 4.79 Å². The Morgan fingerprint density at radius 2 is 1.95 bits per heavy atom. The van der Waals surface area contributed by atoms with E-state index >= 15 is 0 Å². The molecular weight excluding hydrogens is 304 g/mol. The van der Waals surface area contributed by atoms with Crippen LogP contribution in [-0.4, -0.2) is 10.9 Å². The summed E-state index contributed by atoms with van der Waals surface area (Å²) in [5.41, 5.74) is 2.40. The van der Waals surface area contributed by atoms with Crippen molar-refractivity contribution < 1.29 is 4.79 Å². The highest BCUT2D eigenvalue weighted by molar-refractivity contribution is 9.10. The lowest BCUT2D eigenvalue weighted by molar-refractivity contribution is -0.116. The van der Waals surface area contributed by atoms with Crippen LogP contribution in [0, 0.1) is 6.92 Å². The van der Waals surface area contributed by atoms with Gasteiger partial charge in [0.25, 0.3) is 0 Å². The Morgan fingerprint density at radius 3 is 2.63 bits per heavy atom. The summed E-state index contributed by atoms with van der Waals surface area (Å²) in [4.78, 5) is 16.0. The van der Waals surface area contributed by atoms with Gasteiger partial charge in [-0.05, 0) is 47.0 Å². The summed E-state index contributed by atoms with van der Waals surface area (Å²) in [6.07, 6.45) is 1.19. The average molecular weight is 319 g/mol. The minimum Gasteiger partial charge on any atom is -0.311 e. The third kappa shape index (κ3) is 4.48. The predicted octanol–water partition coefficient (Wildman–Crippen LogP) is 3.72. The van der Waals surface area contributed by atoms with Crippen LogP contribution in [0.25, 0.3) is 0 Å². The van der Waals surface area contributed by atoms with E-state index in [2.05, 4.69) is 57.4 Å². The van der Waals surface area contributed by atoms with Gasteiger partial charge in [-0.15, -0.1) is 0 Å². The van der Waals surface area contributed by atoms with Crippen LogP contribution in [0.2, 0.25) is 0 Å². The number of rotatable bonds is 4. The van der Waals surface area contributed by atoms with E-state index in [0.29, 0.717) is 16.8 Å². The van der Waals surface area contributed by atoms with Gasteiger partial charge in [0.05, 0.1) is 0 Å². The summed E-state index contributed by atoms with van der Waals surface area (Å²) in [5.74, 6) is 0.550. The highest BCUT2D eigenvalue weighted by Gasteiger charge is 2.04. The van der Waals surface area contributed by atoms with Gasteiger partial charge in [-0.25, -0.2) is 4.98 Å². The number of carbonyl (C=O) groups excluding carboxylic acids is 1. The first-order valence-corrected chi connectivity index (χ1v) is 6.91. The molecule has 0 aliphatic rings. The molecule has 4 heteroatoms. The van der Waals surface area contributed by atoms with Crippen LogP contribution in [0.1, 0.15) is 17.5 Å². The third-order valence-electron chi connectivity index (χ3n) is 2.74. The minimum atomic E-state index is -0.0221. The number of amides is 1. The van der Waals surface area contributed by atoms with Crippen LogP contribution < -0.4 is 5.32 Å². The van der Waals surface area contributed by atoms with Gasteiger partial charge in [0.15, 0.2) is 0 Å². The van der Waals surface area contributed by atoms with Gasteiger partial charge in [0, 0.05) is 6.42 Å². The van der Waals surface area contributed by atoms with Crippen LogP contribution in [0.15, 0.2) is 47.1 Å². The summed E-state index contributed by atoms with van der Waals surface area (Å²) in [5, 5.41) is 2.78. The van der Waals surface area contributed by atoms with Gasteiger partial charge >= 0.3 is 0 Å². The van der Waals surface area contributed by atoms with Gasteiger partial charge in [0.1, 0.15) is 10.4 Å². The first kappa shape index (κ1) is 13.7. The molecule has 0 radical (unpaired) electrons. The lowest BCUT2D eigenvalue weighted by Gasteiger charge is -2.05. The molecule has 1 N–H and O–H groups in total. The fourth-order valence-corrected chi connectivity index (χ4v) is 2.04. The molecule has 0 spiro atoms. The van der Waals surface area contributed by atoms with Gasteiger partial charge < -0.3 is 5.32 Å². The van der Waals surface area contributed by atoms with Crippen molar-refractivity contribution in [3.8, 4) is 0 Å². The molecule has 0 atom stereocenters. The van der Waals surface area contributed by atoms with Crippen molar-refractivity contribution >= 4 is 27.7 Å². The normalized spacial score (nSPS) is 10.2. The molecule has 2 aromatic rings. The van der Waals surface area contributed by atoms with Crippen LogP contribution in [0.4, 0.5) is 5.82 Å². The molecule has 0 aliphatic carbocycles. The van der Waals surface area contributed by atoms with Crippen LogP contribution in [0.3, 0.4) is 0 Å². The molecule has 0 saturated carbocycles. The van der Waals surface area contributed by atoms with Crippen LogP contribution >= 0.6 is 15.9 Å². The zero-order valence-electron chi connectivity index (χ0n) is 10.7. The van der Waals surface area contributed by atoms with E-state index in [1.165, 1.54) is 11.1 Å². The van der Waals surface area contributed by atoms with E-state index in [1.54, 1.807) is 6.07 Å². The van der Waals surface area contributed by atoms with E-state index in [4.69, 9.17) is 0 Å². The van der Waals surface area contributed by atoms with Crippen LogP contribution in [0.5, 0.6) is 0 Å². The van der Waals surface area contributed by atoms with E-state index in [1.807, 2.05) is 12.1 Å². The molecule has 2 rings (SSSR count). The van der Waals surface area contributed by atoms with E-state index < -0.39 is 0 Å². The van der Waals surface area contributed by atoms with Crippen molar-refractivity contribution in [2.75, 3.05) is 5.32 Å². The summed E-state index contributed by atoms with van der Waals surface area (Å²) >= 11 is 3.27. The van der Waals surface area contributed by atoms with Crippen molar-refractivity contribution in [3.63, 3.8) is 0 Å². The molecule has 1 aromatic heterocycles. The second kappa shape index (κ2) is 6.48. The van der Waals surface area contributed by atoms with Gasteiger partial charge in [-0.3, -0.25) is 4.79 Å². The third-order valence-corrected chi connectivity index (χ3v) is 3.19. The zero-order chi connectivity index (χ0) is 13.7. The summed E-state index contributed by atoms with van der Waals surface area (Å²) < 4.78 is 0.712. The number of halogens is 1. The number of aryl methyl sites for hydroxylation is 2. The number of nitrogens with one attached hydrogen (secondary N) is 1. The minimum absolute atomic E-state index is 0.0221. The van der Waals surface area contributed by atoms with Crippen molar-refractivity contribution in [1.29, 1.82) is 0 Å². The van der Waals surface area contributed by atoms with E-state index in [0.717, 1.165) is 6.42 Å². The molecule has 1 aromatic carbocycles. The Labute approximate surface area is 121 Å². The van der Waals surface area contributed by atoms with Crippen molar-refractivity contribution in [1.82, 2.24) is 4.98 Å². The fraction of sp³-hybridized carbons (Fsp3) is 0.200. The first-order chi connectivity index (χ1) is 9.13. The summed E-state index contributed by atoms with van der Waals surface area (Å²) in [6.45, 7) is 2.05. The Hall–Kier alpha value is -1.68. The molecule has 0 bridgehead atoms. The number of nitrogens with zero attached hydrogens (tertiary/aromatic N) is 1. The number of hydrogen-bond acceptors (Lipinski definition) is 2. The number of carbonyl (C=O) groups is 1. The molecule has 0 saturated heterocycles. The summed E-state index contributed by atoms with van der Waals surface area (Å²) in [6, 6.07) is 13.7. The summed E-state index contributed by atoms with van der Waals surface area (Å²) in [7, 11) is 0. The Morgan fingerprint density at radius 1 is 1.21 bits per heavy atom. The SMILES string of the molecule is Cc1ccc(CCC(=O)Nc2cccc(Br)n2)cc1. The van der Waals surface area contributed by atoms with Gasteiger partial charge in [-0.2, -0.15) is 0 Å². The lowest BCUT2D eigenvalue weighted by Crippen LogP contribution is -2.13. The number of benzene rings is 1. The van der Waals surface area contributed by atoms with Crippen molar-refractivity contribution in [2.24, 2.45) is 0 Å². The number of hydrogen-bond donors (Lipinski definition) is 1. The number of anilines is 1. The predicted molar refractivity (Wildman–Crippen MR) is 80.1 cm³/mol. The topological polar surface area (TPSA) is 42.0 Å². The fourth-order valence-electron chi connectivity index (χ4n) is 1.70. The first-order valence-electron chi connectivity index (χ1n) is 6.11.